The van der Waals surface area contributed by atoms with Crippen LogP contribution < -0.4 is 0 Å². The molecule has 0 rings (SSSR count). The van der Waals surface area contributed by atoms with E-state index in [1.165, 1.54) is 103 Å². The predicted octanol–water partition coefficient (Wildman–Crippen LogP) is 8.08. The molecule has 0 amide bonds. The van der Waals surface area contributed by atoms with Crippen molar-refractivity contribution < 1.29 is 14.6 Å². The number of unbranched alkanes of at least 4 members (excludes halogenated alkanes) is 15. The average molecular weight is 429 g/mol. The van der Waals surface area contributed by atoms with Gasteiger partial charge < -0.3 is 14.6 Å². The minimum atomic E-state index is -0.147. The first-order valence-electron chi connectivity index (χ1n) is 13.5. The van der Waals surface area contributed by atoms with Gasteiger partial charge in [-0.15, -0.1) is 0 Å². The lowest BCUT2D eigenvalue weighted by Crippen LogP contribution is -2.24. The predicted molar refractivity (Wildman–Crippen MR) is 131 cm³/mol. The zero-order valence-corrected chi connectivity index (χ0v) is 21.0. The van der Waals surface area contributed by atoms with Crippen LogP contribution in [0, 0.1) is 5.92 Å². The smallest absolute Gasteiger partial charge is 0.104 e. The molecule has 0 aliphatic heterocycles. The van der Waals surface area contributed by atoms with Gasteiger partial charge >= 0.3 is 0 Å². The highest BCUT2D eigenvalue weighted by molar-refractivity contribution is 4.55. The second-order valence-electron chi connectivity index (χ2n) is 9.59. The maximum Gasteiger partial charge on any atom is 0.104 e. The highest BCUT2D eigenvalue weighted by Crippen LogP contribution is 2.14. The Kier molecular flexibility index (Phi) is 25.0. The lowest BCUT2D eigenvalue weighted by molar-refractivity contribution is -0.0437. The van der Waals surface area contributed by atoms with Crippen molar-refractivity contribution in [2.24, 2.45) is 5.92 Å². The molecule has 0 heterocycles. The highest BCUT2D eigenvalue weighted by Gasteiger charge is 2.07. The minimum Gasteiger partial charge on any atom is -0.394 e. The topological polar surface area (TPSA) is 38.7 Å². The van der Waals surface area contributed by atoms with Gasteiger partial charge in [-0.05, 0) is 18.8 Å². The molecule has 3 heteroatoms. The van der Waals surface area contributed by atoms with E-state index in [2.05, 4.69) is 20.8 Å². The molecule has 0 aromatic rings. The molecule has 0 aliphatic carbocycles. The van der Waals surface area contributed by atoms with E-state index >= 15 is 0 Å². The Balaban J connectivity index is 3.19. The van der Waals surface area contributed by atoms with Gasteiger partial charge in [0.15, 0.2) is 0 Å². The highest BCUT2D eigenvalue weighted by atomic mass is 16.5. The number of hydrogen-bond donors (Lipinski definition) is 1. The lowest BCUT2D eigenvalue weighted by atomic mass is 10.0. The zero-order valence-electron chi connectivity index (χ0n) is 21.0. The van der Waals surface area contributed by atoms with Crippen LogP contribution in [0.15, 0.2) is 0 Å². The summed E-state index contributed by atoms with van der Waals surface area (Å²) in [6.45, 7) is 9.00. The molecule has 0 bridgehead atoms. The van der Waals surface area contributed by atoms with Crippen LogP contribution in [0.3, 0.4) is 0 Å². The van der Waals surface area contributed by atoms with Crippen LogP contribution in [-0.2, 0) is 9.47 Å². The number of aliphatic hydroxyl groups excluding tert-OH is 1. The summed E-state index contributed by atoms with van der Waals surface area (Å²) in [5.41, 5.74) is 0. The van der Waals surface area contributed by atoms with Crippen molar-refractivity contribution in [3.05, 3.63) is 0 Å². The van der Waals surface area contributed by atoms with Crippen molar-refractivity contribution in [3.8, 4) is 0 Å². The molecule has 3 nitrogen and oxygen atoms in total. The van der Waals surface area contributed by atoms with Gasteiger partial charge in [0.25, 0.3) is 0 Å². The fraction of sp³-hybridized carbons (Fsp3) is 1.00. The Morgan fingerprint density at radius 2 is 1.07 bits per heavy atom. The summed E-state index contributed by atoms with van der Waals surface area (Å²) < 4.78 is 11.4. The first kappa shape index (κ1) is 29.9. The third-order valence-electron chi connectivity index (χ3n) is 5.93. The van der Waals surface area contributed by atoms with Crippen LogP contribution in [0.1, 0.15) is 136 Å². The molecule has 0 aromatic carbocycles. The molecule has 0 spiro atoms. The fourth-order valence-corrected chi connectivity index (χ4v) is 3.85. The quantitative estimate of drug-likeness (QED) is 0.149. The first-order chi connectivity index (χ1) is 14.7. The first-order valence-corrected chi connectivity index (χ1v) is 13.5. The van der Waals surface area contributed by atoms with Crippen molar-refractivity contribution in [2.75, 3.05) is 26.4 Å². The normalized spacial score (nSPS) is 12.7. The average Bonchev–Trinajstić information content (AvgIpc) is 2.74. The van der Waals surface area contributed by atoms with Crippen molar-refractivity contribution in [3.63, 3.8) is 0 Å². The van der Waals surface area contributed by atoms with Gasteiger partial charge in [-0.3, -0.25) is 0 Å². The second kappa shape index (κ2) is 25.1. The standard InChI is InChI=1S/C27H56O3/c1-4-5-6-20-23-30-27(24-28)25-29-22-19-17-15-13-11-9-7-8-10-12-14-16-18-21-26(2)3/h26-28H,4-25H2,1-3H3. The van der Waals surface area contributed by atoms with Crippen molar-refractivity contribution in [1.82, 2.24) is 0 Å². The molecule has 0 saturated heterocycles. The largest absolute Gasteiger partial charge is 0.394 e. The Labute approximate surface area is 189 Å². The van der Waals surface area contributed by atoms with E-state index in [0.717, 1.165) is 32.0 Å². The molecule has 30 heavy (non-hydrogen) atoms. The van der Waals surface area contributed by atoms with E-state index in [9.17, 15) is 5.11 Å². The number of hydrogen-bond acceptors (Lipinski definition) is 3. The molecule has 1 N–H and O–H groups in total. The van der Waals surface area contributed by atoms with E-state index in [1.54, 1.807) is 0 Å². The van der Waals surface area contributed by atoms with Gasteiger partial charge in [0.05, 0.1) is 13.2 Å². The number of ether oxygens (including phenoxy) is 2. The van der Waals surface area contributed by atoms with E-state index < -0.39 is 0 Å². The Hall–Kier alpha value is -0.120. The summed E-state index contributed by atoms with van der Waals surface area (Å²) in [6, 6.07) is 0. The second-order valence-corrected chi connectivity index (χ2v) is 9.59. The monoisotopic (exact) mass is 428 g/mol. The van der Waals surface area contributed by atoms with Crippen molar-refractivity contribution >= 4 is 0 Å². The van der Waals surface area contributed by atoms with E-state index in [0.29, 0.717) is 6.61 Å². The number of aliphatic hydroxyl groups is 1. The molecule has 0 aromatic heterocycles. The van der Waals surface area contributed by atoms with Gasteiger partial charge in [0, 0.05) is 13.2 Å². The fourth-order valence-electron chi connectivity index (χ4n) is 3.85. The van der Waals surface area contributed by atoms with Crippen molar-refractivity contribution in [2.45, 2.75) is 142 Å². The summed E-state index contributed by atoms with van der Waals surface area (Å²) in [6.07, 6.45) is 24.0. The molecule has 182 valence electrons. The Morgan fingerprint density at radius 1 is 0.600 bits per heavy atom. The molecular formula is C27H56O3. The summed E-state index contributed by atoms with van der Waals surface area (Å²) in [5, 5.41) is 9.37. The van der Waals surface area contributed by atoms with E-state index in [4.69, 9.17) is 9.47 Å². The van der Waals surface area contributed by atoms with E-state index in [-0.39, 0.29) is 12.7 Å². The summed E-state index contributed by atoms with van der Waals surface area (Å²) >= 11 is 0. The van der Waals surface area contributed by atoms with Crippen LogP contribution in [-0.4, -0.2) is 37.6 Å². The van der Waals surface area contributed by atoms with Crippen LogP contribution in [0.25, 0.3) is 0 Å². The third-order valence-corrected chi connectivity index (χ3v) is 5.93. The van der Waals surface area contributed by atoms with Gasteiger partial charge in [-0.1, -0.05) is 124 Å². The minimum absolute atomic E-state index is 0.0614. The SMILES string of the molecule is CCCCCCOC(CO)COCCCCCCCCCCCCCCCC(C)C. The van der Waals surface area contributed by atoms with Gasteiger partial charge in [-0.2, -0.15) is 0 Å². The maximum atomic E-state index is 9.37. The third kappa shape index (κ3) is 24.2. The van der Waals surface area contributed by atoms with Crippen LogP contribution >= 0.6 is 0 Å². The van der Waals surface area contributed by atoms with Gasteiger partial charge in [-0.25, -0.2) is 0 Å². The molecule has 0 fully saturated rings. The van der Waals surface area contributed by atoms with Gasteiger partial charge in [0.1, 0.15) is 6.10 Å². The Morgan fingerprint density at radius 3 is 1.57 bits per heavy atom. The Bertz CT molecular complexity index is 306. The summed E-state index contributed by atoms with van der Waals surface area (Å²) in [7, 11) is 0. The zero-order chi connectivity index (χ0) is 22.1. The molecule has 0 saturated carbocycles. The maximum absolute atomic E-state index is 9.37. The molecule has 1 unspecified atom stereocenters. The summed E-state index contributed by atoms with van der Waals surface area (Å²) in [4.78, 5) is 0. The molecular weight excluding hydrogens is 372 g/mol. The van der Waals surface area contributed by atoms with Crippen molar-refractivity contribution in [1.29, 1.82) is 0 Å². The van der Waals surface area contributed by atoms with Crippen LogP contribution in [0.4, 0.5) is 0 Å². The number of rotatable bonds is 25. The van der Waals surface area contributed by atoms with Crippen LogP contribution in [0.5, 0.6) is 0 Å². The van der Waals surface area contributed by atoms with Gasteiger partial charge in [0.2, 0.25) is 0 Å². The molecule has 1 atom stereocenters. The lowest BCUT2D eigenvalue weighted by Gasteiger charge is -2.15. The van der Waals surface area contributed by atoms with E-state index in [1.807, 2.05) is 0 Å². The summed E-state index contributed by atoms with van der Waals surface area (Å²) in [5.74, 6) is 0.876. The van der Waals surface area contributed by atoms with Crippen LogP contribution in [0.2, 0.25) is 0 Å². The molecule has 0 aliphatic rings. The molecule has 0 radical (unpaired) electrons.